The van der Waals surface area contributed by atoms with E-state index in [2.05, 4.69) is 4.99 Å². The van der Waals surface area contributed by atoms with Crippen LogP contribution in [0.15, 0.2) is 4.99 Å². The van der Waals surface area contributed by atoms with E-state index in [9.17, 15) is 4.79 Å². The van der Waals surface area contributed by atoms with Crippen molar-refractivity contribution in [2.45, 2.75) is 13.3 Å². The van der Waals surface area contributed by atoms with Crippen molar-refractivity contribution in [1.29, 1.82) is 0 Å². The molecule has 0 aromatic carbocycles. The van der Waals surface area contributed by atoms with Gasteiger partial charge in [0.15, 0.2) is 0 Å². The summed E-state index contributed by atoms with van der Waals surface area (Å²) in [7, 11) is 0. The molecule has 0 aliphatic heterocycles. The van der Waals surface area contributed by atoms with Gasteiger partial charge >= 0.3 is 6.03 Å². The Morgan fingerprint density at radius 2 is 2.33 bits per heavy atom. The van der Waals surface area contributed by atoms with Crippen LogP contribution in [0.5, 0.6) is 0 Å². The Balaban J connectivity index is 3.51. The molecule has 5 nitrogen and oxygen atoms in total. The van der Waals surface area contributed by atoms with Gasteiger partial charge in [-0.2, -0.15) is 0 Å². The lowest BCUT2D eigenvalue weighted by molar-refractivity contribution is -0.0547. The van der Waals surface area contributed by atoms with Gasteiger partial charge in [-0.25, -0.2) is 9.79 Å². The molecule has 0 saturated carbocycles. The van der Waals surface area contributed by atoms with E-state index in [1.54, 1.807) is 12.2 Å². The van der Waals surface area contributed by atoms with Crippen molar-refractivity contribution < 1.29 is 15.0 Å². The highest BCUT2D eigenvalue weighted by Crippen LogP contribution is 1.72. The van der Waals surface area contributed by atoms with Crippen LogP contribution in [0, 0.1) is 0 Å². The topological polar surface area (TPSA) is 81.9 Å². The highest BCUT2D eigenvalue weighted by molar-refractivity contribution is 5.82. The van der Waals surface area contributed by atoms with E-state index in [-0.39, 0.29) is 0 Å². The summed E-state index contributed by atoms with van der Waals surface area (Å²) in [5.74, 6) is 0. The fourth-order valence-corrected chi connectivity index (χ4v) is 0.265. The van der Waals surface area contributed by atoms with Crippen LogP contribution in [0.3, 0.4) is 0 Å². The molecule has 0 radical (unpaired) electrons. The van der Waals surface area contributed by atoms with Gasteiger partial charge in [-0.15, -0.1) is 0 Å². The number of hydrogen-bond acceptors (Lipinski definition) is 3. The summed E-state index contributed by atoms with van der Waals surface area (Å²) < 4.78 is 0. The van der Waals surface area contributed by atoms with Crippen molar-refractivity contribution in [2.75, 3.05) is 0 Å². The zero-order valence-electron chi connectivity index (χ0n) is 4.90. The molecule has 0 aliphatic rings. The van der Waals surface area contributed by atoms with Crippen LogP contribution in [0.25, 0.3) is 0 Å². The highest BCUT2D eigenvalue weighted by Gasteiger charge is 1.99. The van der Waals surface area contributed by atoms with Crippen LogP contribution in [0.2, 0.25) is 0 Å². The number of nitrogens with one attached hydrogen (secondary N) is 1. The first kappa shape index (κ1) is 8.06. The van der Waals surface area contributed by atoms with Crippen LogP contribution in [-0.2, 0) is 0 Å². The first-order valence-corrected chi connectivity index (χ1v) is 2.32. The van der Waals surface area contributed by atoms with Gasteiger partial charge in [0, 0.05) is 6.21 Å². The van der Waals surface area contributed by atoms with Crippen LogP contribution in [0.4, 0.5) is 4.79 Å². The number of aliphatic imine (C=N–C) groups is 1. The average Bonchev–Trinajstić information content (AvgIpc) is 1.63. The Morgan fingerprint density at radius 1 is 1.78 bits per heavy atom. The Kier molecular flexibility index (Phi) is 3.57. The molecule has 0 spiro atoms. The lowest BCUT2D eigenvalue weighted by Gasteiger charge is -2.00. The second-order valence-corrected chi connectivity index (χ2v) is 1.21. The number of amides is 2. The molecule has 0 aromatic rings. The fraction of sp³-hybridized carbons (Fsp3) is 0.500. The van der Waals surface area contributed by atoms with Gasteiger partial charge in [-0.3, -0.25) is 5.32 Å². The van der Waals surface area contributed by atoms with Crippen LogP contribution in [-0.4, -0.2) is 28.9 Å². The molecular weight excluding hydrogens is 124 g/mol. The molecule has 3 N–H and O–H groups in total. The molecule has 0 heterocycles. The van der Waals surface area contributed by atoms with E-state index in [0.29, 0.717) is 0 Å². The summed E-state index contributed by atoms with van der Waals surface area (Å²) in [4.78, 5) is 13.4. The molecule has 0 atom stereocenters. The number of hydrogen-bond donors (Lipinski definition) is 3. The second kappa shape index (κ2) is 3.99. The summed E-state index contributed by atoms with van der Waals surface area (Å²) in [6.07, 6.45) is -0.584. The van der Waals surface area contributed by atoms with Crippen molar-refractivity contribution in [3.8, 4) is 0 Å². The van der Waals surface area contributed by atoms with E-state index in [1.807, 2.05) is 0 Å². The molecule has 0 rings (SSSR count). The van der Waals surface area contributed by atoms with Crippen LogP contribution >= 0.6 is 0 Å². The minimum atomic E-state index is -1.83. The van der Waals surface area contributed by atoms with Gasteiger partial charge in [0.1, 0.15) is 0 Å². The number of aliphatic hydroxyl groups is 2. The largest absolute Gasteiger partial charge is 0.351 e. The van der Waals surface area contributed by atoms with Crippen molar-refractivity contribution in [3.05, 3.63) is 0 Å². The Bertz CT molecular complexity index is 121. The molecule has 0 aliphatic carbocycles. The smallest absolute Gasteiger partial charge is 0.344 e. The summed E-state index contributed by atoms with van der Waals surface area (Å²) >= 11 is 0. The number of carbonyl (C=O) groups excluding carboxylic acids is 1. The fourth-order valence-electron chi connectivity index (χ4n) is 0.265. The maximum atomic E-state index is 10.2. The summed E-state index contributed by atoms with van der Waals surface area (Å²) in [5, 5.41) is 17.9. The molecule has 0 saturated heterocycles. The third-order valence-corrected chi connectivity index (χ3v) is 0.499. The van der Waals surface area contributed by atoms with Crippen molar-refractivity contribution in [1.82, 2.24) is 5.32 Å². The molecule has 0 fully saturated rings. The first-order chi connectivity index (χ1) is 4.16. The minimum absolute atomic E-state index is 0.771. The first-order valence-electron chi connectivity index (χ1n) is 2.32. The van der Waals surface area contributed by atoms with E-state index in [4.69, 9.17) is 10.2 Å². The molecule has 52 valence electrons. The third-order valence-electron chi connectivity index (χ3n) is 0.499. The second-order valence-electron chi connectivity index (χ2n) is 1.21. The molecule has 0 unspecified atom stereocenters. The van der Waals surface area contributed by atoms with Gasteiger partial charge in [-0.05, 0) is 6.92 Å². The standard InChI is InChI=1S/C4H8N2O3/c1-2-5-3(7)6-4(8)9/h2,4,8-9H,1H3,(H,6,7). The number of aliphatic hydroxyl groups excluding tert-OH is 1. The molecular formula is C4H8N2O3. The number of carbonyl (C=O) groups is 1. The quantitative estimate of drug-likeness (QED) is 0.318. The van der Waals surface area contributed by atoms with Gasteiger partial charge in [-0.1, -0.05) is 0 Å². The Hall–Kier alpha value is -0.940. The number of nitrogens with zero attached hydrogens (tertiary/aromatic N) is 1. The lowest BCUT2D eigenvalue weighted by atomic mass is 10.8. The normalized spacial score (nSPS) is 10.7. The van der Waals surface area contributed by atoms with E-state index >= 15 is 0 Å². The SMILES string of the molecule is CC=NC(=O)NC(O)O. The summed E-state index contributed by atoms with van der Waals surface area (Å²) in [5.41, 5.74) is 0. The van der Waals surface area contributed by atoms with Crippen LogP contribution < -0.4 is 5.32 Å². The zero-order chi connectivity index (χ0) is 7.28. The summed E-state index contributed by atoms with van der Waals surface area (Å²) in [6.45, 7) is 1.54. The van der Waals surface area contributed by atoms with E-state index < -0.39 is 12.4 Å². The predicted molar refractivity (Wildman–Crippen MR) is 30.9 cm³/mol. The predicted octanol–water partition coefficient (Wildman–Crippen LogP) is -0.945. The maximum Gasteiger partial charge on any atom is 0.344 e. The number of urea groups is 1. The van der Waals surface area contributed by atoms with Gasteiger partial charge in [0.2, 0.25) is 6.41 Å². The minimum Gasteiger partial charge on any atom is -0.351 e. The highest BCUT2D eigenvalue weighted by atomic mass is 16.5. The molecule has 0 bridgehead atoms. The Morgan fingerprint density at radius 3 is 2.67 bits per heavy atom. The Labute approximate surface area is 52.0 Å². The summed E-state index contributed by atoms with van der Waals surface area (Å²) in [6, 6.07) is -0.771. The average molecular weight is 132 g/mol. The van der Waals surface area contributed by atoms with Crippen LogP contribution in [0.1, 0.15) is 6.92 Å². The van der Waals surface area contributed by atoms with Gasteiger partial charge in [0.25, 0.3) is 0 Å². The van der Waals surface area contributed by atoms with Gasteiger partial charge in [0.05, 0.1) is 0 Å². The van der Waals surface area contributed by atoms with Crippen molar-refractivity contribution in [2.24, 2.45) is 4.99 Å². The monoisotopic (exact) mass is 132 g/mol. The molecule has 2 amide bonds. The molecule has 0 aromatic heterocycles. The number of rotatable bonds is 1. The van der Waals surface area contributed by atoms with Crippen molar-refractivity contribution in [3.63, 3.8) is 0 Å². The van der Waals surface area contributed by atoms with Crippen molar-refractivity contribution >= 4 is 12.2 Å². The maximum absolute atomic E-state index is 10.2. The zero-order valence-corrected chi connectivity index (χ0v) is 4.90. The van der Waals surface area contributed by atoms with E-state index in [0.717, 1.165) is 0 Å². The lowest BCUT2D eigenvalue weighted by Crippen LogP contribution is -2.31. The third kappa shape index (κ3) is 4.92. The molecule has 5 heteroatoms. The van der Waals surface area contributed by atoms with Gasteiger partial charge < -0.3 is 10.2 Å². The molecule has 9 heavy (non-hydrogen) atoms. The van der Waals surface area contributed by atoms with E-state index in [1.165, 1.54) is 6.21 Å².